The molecule has 1 aromatic heterocycles. The number of hydrogen-bond acceptors (Lipinski definition) is 3. The van der Waals surface area contributed by atoms with Crippen LogP contribution in [-0.4, -0.2) is 5.16 Å². The van der Waals surface area contributed by atoms with Gasteiger partial charge in [0, 0.05) is 12.0 Å². The summed E-state index contributed by atoms with van der Waals surface area (Å²) < 4.78 is 5.14. The third-order valence-corrected chi connectivity index (χ3v) is 3.43. The van der Waals surface area contributed by atoms with Gasteiger partial charge in [0.2, 0.25) is 0 Å². The number of rotatable bonds is 1. The Labute approximate surface area is 70.9 Å². The minimum Gasteiger partial charge on any atom is -0.381 e. The van der Waals surface area contributed by atoms with E-state index in [1.54, 1.807) is 0 Å². The minimum absolute atomic E-state index is 0.520. The SMILES string of the molecule is Nc1cc(C2CC23CCC3)on1. The van der Waals surface area contributed by atoms with Crippen molar-refractivity contribution < 1.29 is 4.52 Å². The highest BCUT2D eigenvalue weighted by atomic mass is 16.5. The smallest absolute Gasteiger partial charge is 0.167 e. The van der Waals surface area contributed by atoms with Gasteiger partial charge >= 0.3 is 0 Å². The first-order chi connectivity index (χ1) is 5.80. The lowest BCUT2D eigenvalue weighted by Gasteiger charge is -2.25. The van der Waals surface area contributed by atoms with E-state index in [9.17, 15) is 0 Å². The van der Waals surface area contributed by atoms with E-state index < -0.39 is 0 Å². The van der Waals surface area contributed by atoms with E-state index >= 15 is 0 Å². The van der Waals surface area contributed by atoms with Crippen molar-refractivity contribution in [3.8, 4) is 0 Å². The van der Waals surface area contributed by atoms with E-state index in [1.165, 1.54) is 25.7 Å². The Morgan fingerprint density at radius 3 is 2.83 bits per heavy atom. The molecule has 0 saturated heterocycles. The summed E-state index contributed by atoms with van der Waals surface area (Å²) in [4.78, 5) is 0. The van der Waals surface area contributed by atoms with Crippen LogP contribution in [0.5, 0.6) is 0 Å². The van der Waals surface area contributed by atoms with Gasteiger partial charge in [-0.05, 0) is 24.7 Å². The van der Waals surface area contributed by atoms with Crippen LogP contribution in [-0.2, 0) is 0 Å². The lowest BCUT2D eigenvalue weighted by atomic mass is 9.79. The molecular formula is C9H12N2O. The van der Waals surface area contributed by atoms with Gasteiger partial charge in [-0.25, -0.2) is 0 Å². The fourth-order valence-electron chi connectivity index (χ4n) is 2.40. The van der Waals surface area contributed by atoms with Crippen molar-refractivity contribution in [2.24, 2.45) is 5.41 Å². The molecule has 0 amide bonds. The highest BCUT2D eigenvalue weighted by molar-refractivity contribution is 5.33. The molecule has 0 aliphatic heterocycles. The van der Waals surface area contributed by atoms with Gasteiger partial charge in [0.1, 0.15) is 5.76 Å². The van der Waals surface area contributed by atoms with Crippen LogP contribution < -0.4 is 5.73 Å². The zero-order valence-corrected chi connectivity index (χ0v) is 6.92. The quantitative estimate of drug-likeness (QED) is 0.689. The van der Waals surface area contributed by atoms with Gasteiger partial charge in [-0.3, -0.25) is 0 Å². The zero-order valence-electron chi connectivity index (χ0n) is 6.92. The van der Waals surface area contributed by atoms with Crippen molar-refractivity contribution in [1.82, 2.24) is 5.16 Å². The standard InChI is InChI=1S/C9H12N2O/c10-8-4-7(12-11-8)6-5-9(6)2-1-3-9/h4,6H,1-3,5H2,(H2,10,11). The largest absolute Gasteiger partial charge is 0.381 e. The van der Waals surface area contributed by atoms with Gasteiger partial charge in [-0.15, -0.1) is 0 Å². The summed E-state index contributed by atoms with van der Waals surface area (Å²) in [6.45, 7) is 0. The summed E-state index contributed by atoms with van der Waals surface area (Å²) in [7, 11) is 0. The van der Waals surface area contributed by atoms with Gasteiger partial charge in [-0.2, -0.15) is 0 Å². The predicted molar refractivity (Wildman–Crippen MR) is 44.6 cm³/mol. The van der Waals surface area contributed by atoms with Crippen molar-refractivity contribution in [2.75, 3.05) is 5.73 Å². The van der Waals surface area contributed by atoms with Gasteiger partial charge in [0.05, 0.1) is 0 Å². The Morgan fingerprint density at radius 2 is 2.42 bits per heavy atom. The van der Waals surface area contributed by atoms with Gasteiger partial charge in [-0.1, -0.05) is 11.6 Å². The second-order valence-electron chi connectivity index (χ2n) is 4.13. The van der Waals surface area contributed by atoms with Crippen LogP contribution in [0, 0.1) is 5.41 Å². The fraction of sp³-hybridized carbons (Fsp3) is 0.667. The molecule has 3 heteroatoms. The first kappa shape index (κ1) is 6.52. The Balaban J connectivity index is 1.84. The van der Waals surface area contributed by atoms with Crippen LogP contribution in [0.1, 0.15) is 37.4 Å². The average molecular weight is 164 g/mol. The predicted octanol–water partition coefficient (Wildman–Crippen LogP) is 1.91. The highest BCUT2D eigenvalue weighted by Crippen LogP contribution is 2.70. The molecule has 3 rings (SSSR count). The number of hydrogen-bond donors (Lipinski definition) is 1. The topological polar surface area (TPSA) is 52.0 Å². The van der Waals surface area contributed by atoms with Crippen molar-refractivity contribution in [2.45, 2.75) is 31.6 Å². The van der Waals surface area contributed by atoms with Crippen LogP contribution in [0.4, 0.5) is 5.82 Å². The first-order valence-corrected chi connectivity index (χ1v) is 4.52. The first-order valence-electron chi connectivity index (χ1n) is 4.52. The Bertz CT molecular complexity index is 314. The highest BCUT2D eigenvalue weighted by Gasteiger charge is 2.59. The van der Waals surface area contributed by atoms with Crippen LogP contribution in [0.2, 0.25) is 0 Å². The average Bonchev–Trinajstić information content (AvgIpc) is 2.62. The zero-order chi connectivity index (χ0) is 8.18. The third kappa shape index (κ3) is 0.687. The van der Waals surface area contributed by atoms with Crippen LogP contribution >= 0.6 is 0 Å². The van der Waals surface area contributed by atoms with Crippen molar-refractivity contribution in [1.29, 1.82) is 0 Å². The molecule has 2 N–H and O–H groups in total. The van der Waals surface area contributed by atoms with Crippen LogP contribution in [0.15, 0.2) is 10.6 Å². The number of nitrogen functional groups attached to an aromatic ring is 1. The fourth-order valence-corrected chi connectivity index (χ4v) is 2.40. The van der Waals surface area contributed by atoms with Gasteiger partial charge in [0.25, 0.3) is 0 Å². The molecule has 1 unspecified atom stereocenters. The molecule has 3 nitrogen and oxygen atoms in total. The Kier molecular flexibility index (Phi) is 1.000. The Morgan fingerprint density at radius 1 is 1.58 bits per heavy atom. The number of aromatic nitrogens is 1. The van der Waals surface area contributed by atoms with E-state index in [-0.39, 0.29) is 0 Å². The minimum atomic E-state index is 0.520. The summed E-state index contributed by atoms with van der Waals surface area (Å²) in [6, 6.07) is 1.87. The van der Waals surface area contributed by atoms with Crippen molar-refractivity contribution in [3.05, 3.63) is 11.8 Å². The van der Waals surface area contributed by atoms with Crippen molar-refractivity contribution in [3.63, 3.8) is 0 Å². The molecule has 64 valence electrons. The molecule has 1 aromatic rings. The Hall–Kier alpha value is -0.990. The van der Waals surface area contributed by atoms with Gasteiger partial charge in [0.15, 0.2) is 5.82 Å². The molecule has 2 aliphatic carbocycles. The van der Waals surface area contributed by atoms with E-state index in [4.69, 9.17) is 10.3 Å². The van der Waals surface area contributed by atoms with E-state index in [0.717, 1.165) is 5.76 Å². The van der Waals surface area contributed by atoms with Gasteiger partial charge < -0.3 is 10.3 Å². The molecule has 1 heterocycles. The van der Waals surface area contributed by atoms with Crippen LogP contribution in [0.3, 0.4) is 0 Å². The maximum absolute atomic E-state index is 5.49. The van der Waals surface area contributed by atoms with Crippen molar-refractivity contribution >= 4 is 5.82 Å². The van der Waals surface area contributed by atoms with Crippen LogP contribution in [0.25, 0.3) is 0 Å². The summed E-state index contributed by atoms with van der Waals surface area (Å²) in [5, 5.41) is 3.70. The maximum atomic E-state index is 5.49. The number of anilines is 1. The molecular weight excluding hydrogens is 152 g/mol. The molecule has 0 aromatic carbocycles. The summed E-state index contributed by atoms with van der Waals surface area (Å²) in [5.41, 5.74) is 6.10. The second kappa shape index (κ2) is 1.84. The maximum Gasteiger partial charge on any atom is 0.167 e. The normalized spacial score (nSPS) is 30.2. The van der Waals surface area contributed by atoms with E-state index in [2.05, 4.69) is 5.16 Å². The molecule has 1 atom stereocenters. The second-order valence-corrected chi connectivity index (χ2v) is 4.13. The lowest BCUT2D eigenvalue weighted by Crippen LogP contribution is -2.13. The summed E-state index contributed by atoms with van der Waals surface area (Å²) in [5.74, 6) is 2.16. The molecule has 0 bridgehead atoms. The molecule has 2 fully saturated rings. The summed E-state index contributed by atoms with van der Waals surface area (Å²) in [6.07, 6.45) is 5.43. The summed E-state index contributed by atoms with van der Waals surface area (Å²) >= 11 is 0. The van der Waals surface area contributed by atoms with E-state index in [0.29, 0.717) is 17.2 Å². The number of nitrogens with two attached hydrogens (primary N) is 1. The monoisotopic (exact) mass is 164 g/mol. The molecule has 1 spiro atoms. The molecule has 0 radical (unpaired) electrons. The van der Waals surface area contributed by atoms with E-state index in [1.807, 2.05) is 6.07 Å². The lowest BCUT2D eigenvalue weighted by molar-refractivity contribution is 0.261. The third-order valence-electron chi connectivity index (χ3n) is 3.43. The molecule has 2 aliphatic rings. The number of nitrogens with zero attached hydrogens (tertiary/aromatic N) is 1. The molecule has 12 heavy (non-hydrogen) atoms. The molecule has 2 saturated carbocycles.